The van der Waals surface area contributed by atoms with Crippen LogP contribution in [-0.4, -0.2) is 36.5 Å². The number of sulfonamides is 1. The Bertz CT molecular complexity index is 659. The van der Waals surface area contributed by atoms with Crippen LogP contribution >= 0.6 is 0 Å². The van der Waals surface area contributed by atoms with Crippen LogP contribution in [0.1, 0.15) is 24.0 Å². The van der Waals surface area contributed by atoms with E-state index in [-0.39, 0.29) is 29.6 Å². The van der Waals surface area contributed by atoms with Gasteiger partial charge in [0.1, 0.15) is 4.90 Å². The van der Waals surface area contributed by atoms with Crippen molar-refractivity contribution < 1.29 is 13.5 Å². The zero-order valence-electron chi connectivity index (χ0n) is 11.8. The first kappa shape index (κ1) is 13.9. The van der Waals surface area contributed by atoms with E-state index in [1.165, 1.54) is 4.31 Å². The second kappa shape index (κ2) is 4.19. The number of anilines is 1. The summed E-state index contributed by atoms with van der Waals surface area (Å²) in [6.07, 6.45) is 1.99. The molecule has 0 amide bonds. The van der Waals surface area contributed by atoms with Crippen molar-refractivity contribution >= 4 is 15.7 Å². The van der Waals surface area contributed by atoms with E-state index in [1.807, 2.05) is 13.8 Å². The summed E-state index contributed by atoms with van der Waals surface area (Å²) in [5, 5.41) is 10.3. The van der Waals surface area contributed by atoms with E-state index >= 15 is 0 Å². The van der Waals surface area contributed by atoms with Crippen molar-refractivity contribution in [3.05, 3.63) is 23.3 Å². The summed E-state index contributed by atoms with van der Waals surface area (Å²) in [4.78, 5) is 0.151. The highest BCUT2D eigenvalue weighted by atomic mass is 32.2. The summed E-state index contributed by atoms with van der Waals surface area (Å²) in [7, 11) is -3.60. The highest BCUT2D eigenvalue weighted by Gasteiger charge is 2.55. The highest BCUT2D eigenvalue weighted by molar-refractivity contribution is 7.89. The molecule has 1 saturated heterocycles. The van der Waals surface area contributed by atoms with E-state index in [1.54, 1.807) is 12.1 Å². The van der Waals surface area contributed by atoms with Crippen LogP contribution in [-0.2, 0) is 10.0 Å². The Morgan fingerprint density at radius 2 is 1.80 bits per heavy atom. The number of aryl methyl sites for hydroxylation is 2. The Hall–Kier alpha value is -1.11. The van der Waals surface area contributed by atoms with Gasteiger partial charge in [-0.2, -0.15) is 4.31 Å². The average Bonchev–Trinajstić information content (AvgIpc) is 3.13. The molecule has 0 unspecified atom stereocenters. The van der Waals surface area contributed by atoms with Crippen molar-refractivity contribution in [2.24, 2.45) is 5.92 Å². The van der Waals surface area contributed by atoms with Crippen molar-refractivity contribution in [3.63, 3.8) is 0 Å². The van der Waals surface area contributed by atoms with Crippen LogP contribution in [0.3, 0.4) is 0 Å². The molecule has 1 aliphatic carbocycles. The highest BCUT2D eigenvalue weighted by Crippen LogP contribution is 2.46. The molecule has 1 aromatic rings. The smallest absolute Gasteiger partial charge is 0.245 e. The van der Waals surface area contributed by atoms with Gasteiger partial charge in [-0.3, -0.25) is 0 Å². The average molecular weight is 296 g/mol. The Balaban J connectivity index is 1.88. The SMILES string of the molecule is Cc1cc(N)c(S(=O)(=O)N2CC(O)(C3CC3)C2)cc1C. The maximum absolute atomic E-state index is 12.6. The van der Waals surface area contributed by atoms with Crippen LogP contribution in [0.4, 0.5) is 5.69 Å². The largest absolute Gasteiger partial charge is 0.398 e. The van der Waals surface area contributed by atoms with Crippen LogP contribution in [0.5, 0.6) is 0 Å². The van der Waals surface area contributed by atoms with Gasteiger partial charge in [0.15, 0.2) is 0 Å². The van der Waals surface area contributed by atoms with E-state index < -0.39 is 15.6 Å². The van der Waals surface area contributed by atoms with Crippen molar-refractivity contribution in [2.75, 3.05) is 18.8 Å². The zero-order valence-corrected chi connectivity index (χ0v) is 12.6. The minimum absolute atomic E-state index is 0.151. The molecule has 2 fully saturated rings. The predicted molar refractivity (Wildman–Crippen MR) is 76.8 cm³/mol. The number of hydrogen-bond acceptors (Lipinski definition) is 4. The third kappa shape index (κ3) is 2.03. The fraction of sp³-hybridized carbons (Fsp3) is 0.571. The van der Waals surface area contributed by atoms with Gasteiger partial charge in [0.25, 0.3) is 0 Å². The molecule has 0 atom stereocenters. The normalized spacial score (nSPS) is 22.6. The molecule has 2 aliphatic rings. The zero-order chi connectivity index (χ0) is 14.7. The summed E-state index contributed by atoms with van der Waals surface area (Å²) >= 11 is 0. The minimum atomic E-state index is -3.60. The molecule has 3 rings (SSSR count). The number of β-amino-alcohol motifs (C(OH)–C–C–N with tert-alkyl or cyclic N) is 1. The minimum Gasteiger partial charge on any atom is -0.398 e. The lowest BCUT2D eigenvalue weighted by Gasteiger charge is -2.45. The molecular formula is C14H20N2O3S. The molecule has 1 heterocycles. The van der Waals surface area contributed by atoms with Gasteiger partial charge >= 0.3 is 0 Å². The fourth-order valence-electron chi connectivity index (χ4n) is 2.79. The van der Waals surface area contributed by atoms with Gasteiger partial charge < -0.3 is 10.8 Å². The third-order valence-corrected chi connectivity index (χ3v) is 6.33. The van der Waals surface area contributed by atoms with Crippen molar-refractivity contribution in [2.45, 2.75) is 37.2 Å². The number of benzene rings is 1. The summed E-state index contributed by atoms with van der Waals surface area (Å²) < 4.78 is 26.5. The molecule has 0 radical (unpaired) electrons. The number of nitrogen functional groups attached to an aromatic ring is 1. The van der Waals surface area contributed by atoms with Gasteiger partial charge in [-0.05, 0) is 55.9 Å². The fourth-order valence-corrected chi connectivity index (χ4v) is 4.54. The first-order valence-electron chi connectivity index (χ1n) is 6.83. The molecule has 0 aromatic heterocycles. The number of aliphatic hydroxyl groups is 1. The molecule has 5 nitrogen and oxygen atoms in total. The summed E-state index contributed by atoms with van der Waals surface area (Å²) in [5.74, 6) is 0.269. The molecule has 1 saturated carbocycles. The van der Waals surface area contributed by atoms with Gasteiger partial charge in [0.2, 0.25) is 10.0 Å². The van der Waals surface area contributed by atoms with Gasteiger partial charge in [0.05, 0.1) is 11.3 Å². The van der Waals surface area contributed by atoms with Crippen molar-refractivity contribution in [1.82, 2.24) is 4.31 Å². The monoisotopic (exact) mass is 296 g/mol. The first-order chi connectivity index (χ1) is 9.24. The number of nitrogens with zero attached hydrogens (tertiary/aromatic N) is 1. The number of rotatable bonds is 3. The molecule has 1 aromatic carbocycles. The Morgan fingerprint density at radius 1 is 1.25 bits per heavy atom. The van der Waals surface area contributed by atoms with Crippen LogP contribution in [0, 0.1) is 19.8 Å². The topological polar surface area (TPSA) is 83.6 Å². The summed E-state index contributed by atoms with van der Waals surface area (Å²) in [5.41, 5.74) is 7.19. The maximum atomic E-state index is 12.6. The molecule has 110 valence electrons. The second-order valence-corrected chi connectivity index (χ2v) is 8.03. The lowest BCUT2D eigenvalue weighted by molar-refractivity contribution is -0.0764. The summed E-state index contributed by atoms with van der Waals surface area (Å²) in [6, 6.07) is 3.31. The molecule has 20 heavy (non-hydrogen) atoms. The van der Waals surface area contributed by atoms with Crippen molar-refractivity contribution in [1.29, 1.82) is 0 Å². The van der Waals surface area contributed by atoms with E-state index in [0.717, 1.165) is 24.0 Å². The van der Waals surface area contributed by atoms with Crippen LogP contribution in [0.25, 0.3) is 0 Å². The lowest BCUT2D eigenvalue weighted by Crippen LogP contribution is -2.64. The quantitative estimate of drug-likeness (QED) is 0.816. The number of nitrogens with two attached hydrogens (primary N) is 1. The first-order valence-corrected chi connectivity index (χ1v) is 8.27. The van der Waals surface area contributed by atoms with E-state index in [2.05, 4.69) is 0 Å². The van der Waals surface area contributed by atoms with Crippen LogP contribution in [0.15, 0.2) is 17.0 Å². The Labute approximate surface area is 119 Å². The lowest BCUT2D eigenvalue weighted by atomic mass is 9.91. The standard InChI is InChI=1S/C14H20N2O3S/c1-9-5-12(15)13(6-10(9)2)20(18,19)16-7-14(17,8-16)11-3-4-11/h5-6,11,17H,3-4,7-8,15H2,1-2H3. The number of hydrogen-bond donors (Lipinski definition) is 2. The van der Waals surface area contributed by atoms with Crippen LogP contribution < -0.4 is 5.73 Å². The van der Waals surface area contributed by atoms with E-state index in [9.17, 15) is 13.5 Å². The molecule has 3 N–H and O–H groups in total. The Kier molecular flexibility index (Phi) is 2.90. The van der Waals surface area contributed by atoms with E-state index in [0.29, 0.717) is 0 Å². The molecule has 6 heteroatoms. The Morgan fingerprint density at radius 3 is 2.35 bits per heavy atom. The van der Waals surface area contributed by atoms with Gasteiger partial charge in [0, 0.05) is 13.1 Å². The third-order valence-electron chi connectivity index (χ3n) is 4.48. The van der Waals surface area contributed by atoms with Gasteiger partial charge in [-0.1, -0.05) is 0 Å². The van der Waals surface area contributed by atoms with E-state index in [4.69, 9.17) is 5.73 Å². The molecular weight excluding hydrogens is 276 g/mol. The molecule has 1 aliphatic heterocycles. The van der Waals surface area contributed by atoms with Gasteiger partial charge in [-0.15, -0.1) is 0 Å². The van der Waals surface area contributed by atoms with Gasteiger partial charge in [-0.25, -0.2) is 8.42 Å². The molecule has 0 spiro atoms. The van der Waals surface area contributed by atoms with Crippen molar-refractivity contribution in [3.8, 4) is 0 Å². The maximum Gasteiger partial charge on any atom is 0.245 e. The predicted octanol–water partition coefficient (Wildman–Crippen LogP) is 1.03. The second-order valence-electron chi connectivity index (χ2n) is 6.13. The van der Waals surface area contributed by atoms with Crippen LogP contribution in [0.2, 0.25) is 0 Å². The molecule has 0 bridgehead atoms. The summed E-state index contributed by atoms with van der Waals surface area (Å²) in [6.45, 7) is 4.14.